The average Bonchev–Trinajstić information content (AvgIpc) is 2.24. The fraction of sp³-hybridized carbons (Fsp3) is 0.867. The molecule has 3 N–H and O–H groups in total. The van der Waals surface area contributed by atoms with Crippen LogP contribution in [0.25, 0.3) is 0 Å². The minimum atomic E-state index is -1.02. The number of aliphatic hydroxyl groups is 3. The van der Waals surface area contributed by atoms with Crippen molar-refractivity contribution in [2.45, 2.75) is 70.7 Å². The second kappa shape index (κ2) is 5.72. The van der Waals surface area contributed by atoms with Crippen LogP contribution < -0.4 is 0 Å². The molecule has 1 rings (SSSR count). The van der Waals surface area contributed by atoms with Crippen LogP contribution in [0.2, 0.25) is 0 Å². The van der Waals surface area contributed by atoms with Gasteiger partial charge in [-0.2, -0.15) is 0 Å². The Kier molecular flexibility index (Phi) is 4.98. The lowest BCUT2D eigenvalue weighted by Gasteiger charge is -2.32. The number of allylic oxidation sites excluding steroid dienone is 1. The third kappa shape index (κ3) is 4.71. The van der Waals surface area contributed by atoms with Gasteiger partial charge in [-0.1, -0.05) is 19.1 Å². The van der Waals surface area contributed by atoms with E-state index in [1.807, 2.05) is 13.0 Å². The van der Waals surface area contributed by atoms with Gasteiger partial charge in [0.05, 0.1) is 17.3 Å². The van der Waals surface area contributed by atoms with Crippen molar-refractivity contribution in [1.29, 1.82) is 0 Å². The van der Waals surface area contributed by atoms with Gasteiger partial charge >= 0.3 is 0 Å². The largest absolute Gasteiger partial charge is 0.390 e. The summed E-state index contributed by atoms with van der Waals surface area (Å²) in [7, 11) is 0. The van der Waals surface area contributed by atoms with E-state index in [2.05, 4.69) is 13.0 Å². The molecule has 0 heterocycles. The lowest BCUT2D eigenvalue weighted by molar-refractivity contribution is -0.0541. The molecule has 0 saturated heterocycles. The zero-order chi connectivity index (χ0) is 14.0. The topological polar surface area (TPSA) is 60.7 Å². The van der Waals surface area contributed by atoms with Crippen molar-refractivity contribution < 1.29 is 15.3 Å². The summed E-state index contributed by atoms with van der Waals surface area (Å²) in [5.74, 6) is 0.939. The van der Waals surface area contributed by atoms with Crippen LogP contribution in [0.3, 0.4) is 0 Å². The molecule has 0 aromatic carbocycles. The number of rotatable bonds is 5. The molecule has 3 heteroatoms. The van der Waals surface area contributed by atoms with E-state index in [0.717, 1.165) is 19.3 Å². The highest BCUT2D eigenvalue weighted by Crippen LogP contribution is 2.32. The van der Waals surface area contributed by atoms with Crippen LogP contribution >= 0.6 is 0 Å². The van der Waals surface area contributed by atoms with Gasteiger partial charge < -0.3 is 15.3 Å². The van der Waals surface area contributed by atoms with Crippen LogP contribution in [0.1, 0.15) is 53.4 Å². The zero-order valence-electron chi connectivity index (χ0n) is 12.1. The van der Waals surface area contributed by atoms with Crippen LogP contribution in [-0.2, 0) is 0 Å². The molecule has 0 fully saturated rings. The summed E-state index contributed by atoms with van der Waals surface area (Å²) in [6, 6.07) is 0. The molecule has 0 bridgehead atoms. The summed E-state index contributed by atoms with van der Waals surface area (Å²) in [5.41, 5.74) is -1.67. The van der Waals surface area contributed by atoms with Crippen molar-refractivity contribution in [3.63, 3.8) is 0 Å². The fourth-order valence-corrected chi connectivity index (χ4v) is 2.43. The molecule has 1 aliphatic rings. The van der Waals surface area contributed by atoms with Gasteiger partial charge in [-0.3, -0.25) is 0 Å². The Balaban J connectivity index is 2.41. The molecule has 0 amide bonds. The molecule has 0 aromatic heterocycles. The van der Waals surface area contributed by atoms with Crippen molar-refractivity contribution in [1.82, 2.24) is 0 Å². The standard InChI is InChI=1S/C15H28O3/c1-11(5-6-13(16)14(2,3)17)12-7-9-15(4,18)10-8-12/h7,9,11-13,16-18H,5-6,8,10H2,1-4H3/t11-,12+,13+,15-/m0/s1. The molecular formula is C15H28O3. The Morgan fingerprint density at radius 2 is 2.00 bits per heavy atom. The van der Waals surface area contributed by atoms with E-state index in [-0.39, 0.29) is 0 Å². The second-order valence-corrected chi connectivity index (χ2v) is 6.64. The predicted molar refractivity (Wildman–Crippen MR) is 73.2 cm³/mol. The maximum Gasteiger partial charge on any atom is 0.0849 e. The highest BCUT2D eigenvalue weighted by atomic mass is 16.3. The Morgan fingerprint density at radius 1 is 1.39 bits per heavy atom. The van der Waals surface area contributed by atoms with E-state index in [1.54, 1.807) is 13.8 Å². The van der Waals surface area contributed by atoms with Gasteiger partial charge in [0.2, 0.25) is 0 Å². The smallest absolute Gasteiger partial charge is 0.0849 e. The zero-order valence-corrected chi connectivity index (χ0v) is 12.1. The van der Waals surface area contributed by atoms with Gasteiger partial charge in [-0.05, 0) is 58.3 Å². The summed E-state index contributed by atoms with van der Waals surface area (Å²) in [6.07, 6.45) is 6.62. The van der Waals surface area contributed by atoms with E-state index >= 15 is 0 Å². The molecule has 0 aromatic rings. The van der Waals surface area contributed by atoms with E-state index in [9.17, 15) is 15.3 Å². The molecular weight excluding hydrogens is 228 g/mol. The average molecular weight is 256 g/mol. The van der Waals surface area contributed by atoms with Crippen molar-refractivity contribution >= 4 is 0 Å². The third-order valence-electron chi connectivity index (χ3n) is 4.13. The van der Waals surface area contributed by atoms with Crippen LogP contribution in [0.5, 0.6) is 0 Å². The minimum Gasteiger partial charge on any atom is -0.390 e. The SMILES string of the molecule is C[C@@H](CC[C@@H](O)C(C)(C)O)[C@@H]1C=C[C@](C)(O)CC1. The van der Waals surface area contributed by atoms with Crippen molar-refractivity contribution in [2.24, 2.45) is 11.8 Å². The molecule has 0 spiro atoms. The first-order valence-electron chi connectivity index (χ1n) is 6.94. The number of hydrogen-bond acceptors (Lipinski definition) is 3. The van der Waals surface area contributed by atoms with Crippen molar-refractivity contribution in [2.75, 3.05) is 0 Å². The Bertz CT molecular complexity index is 289. The summed E-state index contributed by atoms with van der Waals surface area (Å²) >= 11 is 0. The molecule has 3 nitrogen and oxygen atoms in total. The van der Waals surface area contributed by atoms with E-state index in [0.29, 0.717) is 18.3 Å². The summed E-state index contributed by atoms with van der Waals surface area (Å²) in [5, 5.41) is 29.3. The van der Waals surface area contributed by atoms with Gasteiger partial charge in [0.1, 0.15) is 0 Å². The maximum absolute atomic E-state index is 9.84. The summed E-state index contributed by atoms with van der Waals surface area (Å²) < 4.78 is 0. The highest BCUT2D eigenvalue weighted by molar-refractivity contribution is 5.06. The Hall–Kier alpha value is -0.380. The molecule has 0 unspecified atom stereocenters. The highest BCUT2D eigenvalue weighted by Gasteiger charge is 2.28. The van der Waals surface area contributed by atoms with Gasteiger partial charge in [-0.15, -0.1) is 0 Å². The lowest BCUT2D eigenvalue weighted by Crippen LogP contribution is -2.36. The van der Waals surface area contributed by atoms with Gasteiger partial charge in [0.25, 0.3) is 0 Å². The Labute approximate surface area is 111 Å². The van der Waals surface area contributed by atoms with E-state index in [1.165, 1.54) is 0 Å². The third-order valence-corrected chi connectivity index (χ3v) is 4.13. The quantitative estimate of drug-likeness (QED) is 0.661. The number of aliphatic hydroxyl groups excluding tert-OH is 1. The van der Waals surface area contributed by atoms with Crippen LogP contribution in [-0.4, -0.2) is 32.6 Å². The van der Waals surface area contributed by atoms with Gasteiger partial charge in [0, 0.05) is 0 Å². The summed E-state index contributed by atoms with van der Waals surface area (Å²) in [4.78, 5) is 0. The van der Waals surface area contributed by atoms with Gasteiger partial charge in [0.15, 0.2) is 0 Å². The monoisotopic (exact) mass is 256 g/mol. The first kappa shape index (κ1) is 15.7. The normalized spacial score (nSPS) is 32.3. The number of hydrogen-bond donors (Lipinski definition) is 3. The first-order valence-corrected chi connectivity index (χ1v) is 6.94. The van der Waals surface area contributed by atoms with Crippen LogP contribution in [0.4, 0.5) is 0 Å². The van der Waals surface area contributed by atoms with Crippen LogP contribution in [0, 0.1) is 11.8 Å². The molecule has 18 heavy (non-hydrogen) atoms. The molecule has 1 aliphatic carbocycles. The van der Waals surface area contributed by atoms with E-state index in [4.69, 9.17) is 0 Å². The molecule has 0 radical (unpaired) electrons. The van der Waals surface area contributed by atoms with Crippen molar-refractivity contribution in [3.8, 4) is 0 Å². The molecule has 0 saturated carbocycles. The van der Waals surface area contributed by atoms with Gasteiger partial charge in [-0.25, -0.2) is 0 Å². The minimum absolute atomic E-state index is 0.467. The lowest BCUT2D eigenvalue weighted by atomic mass is 9.78. The second-order valence-electron chi connectivity index (χ2n) is 6.64. The molecule has 106 valence electrons. The van der Waals surface area contributed by atoms with E-state index < -0.39 is 17.3 Å². The Morgan fingerprint density at radius 3 is 2.44 bits per heavy atom. The van der Waals surface area contributed by atoms with Crippen molar-refractivity contribution in [3.05, 3.63) is 12.2 Å². The first-order chi connectivity index (χ1) is 8.12. The predicted octanol–water partition coefficient (Wildman–Crippen LogP) is 2.25. The fourth-order valence-electron chi connectivity index (χ4n) is 2.43. The van der Waals surface area contributed by atoms with Crippen LogP contribution in [0.15, 0.2) is 12.2 Å². The molecule has 0 aliphatic heterocycles. The maximum atomic E-state index is 9.84. The molecule has 4 atom stereocenters. The summed E-state index contributed by atoms with van der Waals surface area (Å²) in [6.45, 7) is 7.29.